The fourth-order valence-corrected chi connectivity index (χ4v) is 3.43. The molecular formula is C15H30N2O2S. The van der Waals surface area contributed by atoms with Gasteiger partial charge in [0.15, 0.2) is 0 Å². The Balaban J connectivity index is 2.11. The van der Waals surface area contributed by atoms with Crippen molar-refractivity contribution in [2.24, 2.45) is 10.9 Å². The highest BCUT2D eigenvalue weighted by Gasteiger charge is 2.33. The second-order valence-electron chi connectivity index (χ2n) is 5.70. The van der Waals surface area contributed by atoms with E-state index in [1.165, 1.54) is 12.1 Å². The molecule has 0 amide bonds. The standard InChI is InChI=1S/C15H30N2O2S/c1-4-5-11(2)16-7-9-20-8-6-13-12(3)15(19)14(18)10-17-13/h12-15,17-19H,4-10H2,1-3H3. The van der Waals surface area contributed by atoms with E-state index >= 15 is 0 Å². The molecule has 3 N–H and O–H groups in total. The molecular weight excluding hydrogens is 272 g/mol. The van der Waals surface area contributed by atoms with Crippen molar-refractivity contribution in [1.29, 1.82) is 0 Å². The lowest BCUT2D eigenvalue weighted by Crippen LogP contribution is -2.55. The molecule has 0 aromatic heterocycles. The Kier molecular flexibility index (Phi) is 8.77. The van der Waals surface area contributed by atoms with Crippen molar-refractivity contribution in [3.05, 3.63) is 0 Å². The molecule has 1 rings (SSSR count). The van der Waals surface area contributed by atoms with Crippen molar-refractivity contribution in [3.8, 4) is 0 Å². The number of hydrogen-bond donors (Lipinski definition) is 3. The Labute approximate surface area is 127 Å². The minimum atomic E-state index is -0.621. The summed E-state index contributed by atoms with van der Waals surface area (Å²) in [5.74, 6) is 2.25. The smallest absolute Gasteiger partial charge is 0.0926 e. The number of piperidine rings is 1. The van der Waals surface area contributed by atoms with Gasteiger partial charge in [-0.3, -0.25) is 4.99 Å². The number of nitrogens with one attached hydrogen (secondary N) is 1. The van der Waals surface area contributed by atoms with Crippen LogP contribution in [0.2, 0.25) is 0 Å². The molecule has 5 heteroatoms. The number of nitrogens with zero attached hydrogens (tertiary/aromatic N) is 1. The minimum Gasteiger partial charge on any atom is -0.390 e. The topological polar surface area (TPSA) is 64.9 Å². The zero-order chi connectivity index (χ0) is 15.0. The summed E-state index contributed by atoms with van der Waals surface area (Å²) in [6, 6.07) is 0.311. The van der Waals surface area contributed by atoms with Crippen LogP contribution < -0.4 is 5.32 Å². The molecule has 20 heavy (non-hydrogen) atoms. The van der Waals surface area contributed by atoms with Crippen molar-refractivity contribution in [2.75, 3.05) is 24.6 Å². The fourth-order valence-electron chi connectivity index (χ4n) is 2.59. The molecule has 4 atom stereocenters. The molecule has 0 aromatic carbocycles. The number of hydrogen-bond acceptors (Lipinski definition) is 5. The molecule has 4 unspecified atom stereocenters. The monoisotopic (exact) mass is 302 g/mol. The zero-order valence-electron chi connectivity index (χ0n) is 13.0. The molecule has 118 valence electrons. The minimum absolute atomic E-state index is 0.115. The van der Waals surface area contributed by atoms with E-state index in [4.69, 9.17) is 0 Å². The van der Waals surface area contributed by atoms with Crippen LogP contribution in [0.5, 0.6) is 0 Å². The Morgan fingerprint density at radius 1 is 1.35 bits per heavy atom. The predicted octanol–water partition coefficient (Wildman–Crippen LogP) is 1.70. The second-order valence-corrected chi connectivity index (χ2v) is 6.92. The van der Waals surface area contributed by atoms with Crippen LogP contribution >= 0.6 is 11.8 Å². The van der Waals surface area contributed by atoms with Crippen LogP contribution in [0, 0.1) is 5.92 Å². The summed E-state index contributed by atoms with van der Waals surface area (Å²) in [5, 5.41) is 22.7. The molecule has 0 spiro atoms. The molecule has 1 fully saturated rings. The molecule has 1 aliphatic rings. The van der Waals surface area contributed by atoms with E-state index in [-0.39, 0.29) is 5.92 Å². The fraction of sp³-hybridized carbons (Fsp3) is 0.933. The maximum absolute atomic E-state index is 9.85. The SMILES string of the molecule is CCCC(C)=NCCSCCC1NCC(O)C(O)C1C. The lowest BCUT2D eigenvalue weighted by Gasteiger charge is -2.37. The van der Waals surface area contributed by atoms with Crippen molar-refractivity contribution in [3.63, 3.8) is 0 Å². The first-order chi connectivity index (χ1) is 9.56. The molecule has 0 aliphatic carbocycles. The highest BCUT2D eigenvalue weighted by atomic mass is 32.2. The van der Waals surface area contributed by atoms with Gasteiger partial charge in [-0.25, -0.2) is 0 Å². The third-order valence-electron chi connectivity index (χ3n) is 3.96. The van der Waals surface area contributed by atoms with Crippen LogP contribution in [0.4, 0.5) is 0 Å². The average molecular weight is 302 g/mol. The first-order valence-electron chi connectivity index (χ1n) is 7.73. The number of rotatable bonds is 8. The Morgan fingerprint density at radius 2 is 2.10 bits per heavy atom. The van der Waals surface area contributed by atoms with Crippen LogP contribution in [-0.4, -0.2) is 58.8 Å². The predicted molar refractivity (Wildman–Crippen MR) is 87.8 cm³/mol. The maximum Gasteiger partial charge on any atom is 0.0926 e. The molecule has 4 nitrogen and oxygen atoms in total. The van der Waals surface area contributed by atoms with E-state index in [1.54, 1.807) is 0 Å². The lowest BCUT2D eigenvalue weighted by molar-refractivity contribution is -0.0461. The van der Waals surface area contributed by atoms with Gasteiger partial charge in [0.1, 0.15) is 0 Å². The number of thioether (sulfide) groups is 1. The van der Waals surface area contributed by atoms with E-state index in [2.05, 4.69) is 24.2 Å². The average Bonchev–Trinajstić information content (AvgIpc) is 2.42. The Morgan fingerprint density at radius 3 is 2.80 bits per heavy atom. The van der Waals surface area contributed by atoms with Crippen LogP contribution in [0.1, 0.15) is 40.0 Å². The van der Waals surface area contributed by atoms with E-state index in [0.29, 0.717) is 12.6 Å². The van der Waals surface area contributed by atoms with Crippen LogP contribution in [0.25, 0.3) is 0 Å². The third-order valence-corrected chi connectivity index (χ3v) is 4.95. The van der Waals surface area contributed by atoms with E-state index < -0.39 is 12.2 Å². The summed E-state index contributed by atoms with van der Waals surface area (Å²) in [4.78, 5) is 4.54. The van der Waals surface area contributed by atoms with Gasteiger partial charge >= 0.3 is 0 Å². The highest BCUT2D eigenvalue weighted by molar-refractivity contribution is 7.99. The molecule has 0 radical (unpaired) electrons. The Bertz CT molecular complexity index is 300. The first-order valence-corrected chi connectivity index (χ1v) is 8.89. The molecule has 0 aromatic rings. The number of aliphatic hydroxyl groups excluding tert-OH is 2. The summed E-state index contributed by atoms with van der Waals surface area (Å²) < 4.78 is 0. The molecule has 0 saturated carbocycles. The van der Waals surface area contributed by atoms with Gasteiger partial charge in [0.25, 0.3) is 0 Å². The van der Waals surface area contributed by atoms with Crippen LogP contribution in [0.3, 0.4) is 0 Å². The Hall–Kier alpha value is -0.100. The van der Waals surface area contributed by atoms with Crippen LogP contribution in [-0.2, 0) is 0 Å². The van der Waals surface area contributed by atoms with Crippen molar-refractivity contribution >= 4 is 17.5 Å². The normalized spacial score (nSPS) is 31.6. The van der Waals surface area contributed by atoms with E-state index in [9.17, 15) is 10.2 Å². The van der Waals surface area contributed by atoms with Crippen molar-refractivity contribution in [1.82, 2.24) is 5.32 Å². The molecule has 1 aliphatic heterocycles. The van der Waals surface area contributed by atoms with Gasteiger partial charge < -0.3 is 15.5 Å². The van der Waals surface area contributed by atoms with Crippen LogP contribution in [0.15, 0.2) is 4.99 Å². The number of β-amino-alcohol motifs (C(OH)–C–C–N with tert-alkyl or cyclic N) is 1. The summed E-state index contributed by atoms with van der Waals surface area (Å²) in [7, 11) is 0. The largest absolute Gasteiger partial charge is 0.390 e. The lowest BCUT2D eigenvalue weighted by atomic mass is 9.87. The summed E-state index contributed by atoms with van der Waals surface area (Å²) in [6.07, 6.45) is 2.10. The third kappa shape index (κ3) is 6.12. The van der Waals surface area contributed by atoms with Crippen molar-refractivity contribution in [2.45, 2.75) is 58.3 Å². The summed E-state index contributed by atoms with van der Waals surface area (Å²) in [6.45, 7) is 7.70. The maximum atomic E-state index is 9.85. The van der Waals surface area contributed by atoms with Gasteiger partial charge in [-0.15, -0.1) is 0 Å². The van der Waals surface area contributed by atoms with E-state index in [1.807, 2.05) is 18.7 Å². The highest BCUT2D eigenvalue weighted by Crippen LogP contribution is 2.20. The van der Waals surface area contributed by atoms with Gasteiger partial charge in [0, 0.05) is 30.6 Å². The zero-order valence-corrected chi connectivity index (χ0v) is 13.8. The first kappa shape index (κ1) is 18.0. The van der Waals surface area contributed by atoms with Gasteiger partial charge in [0.05, 0.1) is 12.2 Å². The van der Waals surface area contributed by atoms with Gasteiger partial charge in [-0.2, -0.15) is 11.8 Å². The van der Waals surface area contributed by atoms with Gasteiger partial charge in [-0.05, 0) is 31.4 Å². The quantitative estimate of drug-likeness (QED) is 0.472. The number of aliphatic hydroxyl groups is 2. The van der Waals surface area contributed by atoms with Gasteiger partial charge in [-0.1, -0.05) is 20.3 Å². The summed E-state index contributed by atoms with van der Waals surface area (Å²) >= 11 is 1.92. The van der Waals surface area contributed by atoms with Crippen molar-refractivity contribution < 1.29 is 10.2 Å². The summed E-state index contributed by atoms with van der Waals surface area (Å²) in [5.41, 5.74) is 1.26. The molecule has 1 saturated heterocycles. The second kappa shape index (κ2) is 9.77. The van der Waals surface area contributed by atoms with E-state index in [0.717, 1.165) is 30.9 Å². The molecule has 1 heterocycles. The number of aliphatic imine (C=N–C) groups is 1. The molecule has 0 bridgehead atoms. The van der Waals surface area contributed by atoms with Gasteiger partial charge in [0.2, 0.25) is 0 Å².